The Kier molecular flexibility index (Phi) is 4.64. The van der Waals surface area contributed by atoms with Crippen LogP contribution in [0.2, 0.25) is 0 Å². The largest absolute Gasteiger partial charge is 0.480 e. The van der Waals surface area contributed by atoms with Gasteiger partial charge < -0.3 is 15.2 Å². The molecule has 6 heteroatoms. The Morgan fingerprint density at radius 3 is 2.60 bits per heavy atom. The maximum Gasteiger partial charge on any atom is 0.329 e. The molecule has 0 aromatic heterocycles. The molecule has 1 aliphatic rings. The molecular weight excluding hydrogens is 373 g/mol. The number of halogens is 1. The average molecular weight is 389 g/mol. The lowest BCUT2D eigenvalue weighted by Crippen LogP contribution is -2.57. The number of carbonyl (C=O) groups excluding carboxylic acids is 1. The van der Waals surface area contributed by atoms with E-state index in [2.05, 4.69) is 27.9 Å². The lowest BCUT2D eigenvalue weighted by atomic mass is 9.89. The maximum absolute atomic E-state index is 12.4. The van der Waals surface area contributed by atoms with Crippen molar-refractivity contribution < 1.29 is 19.4 Å². The number of rotatable bonds is 3. The van der Waals surface area contributed by atoms with E-state index in [1.165, 1.54) is 0 Å². The van der Waals surface area contributed by atoms with Crippen LogP contribution in [0.4, 0.5) is 0 Å². The van der Waals surface area contributed by atoms with E-state index in [0.717, 1.165) is 9.13 Å². The third-order valence-electron chi connectivity index (χ3n) is 3.62. The van der Waals surface area contributed by atoms with Crippen molar-refractivity contribution in [2.24, 2.45) is 0 Å². The first kappa shape index (κ1) is 15.2. The van der Waals surface area contributed by atoms with Crippen molar-refractivity contribution in [3.05, 3.63) is 32.9 Å². The van der Waals surface area contributed by atoms with E-state index in [1.54, 1.807) is 12.1 Å². The fourth-order valence-corrected chi connectivity index (χ4v) is 2.75. The van der Waals surface area contributed by atoms with E-state index in [-0.39, 0.29) is 18.7 Å². The third-order valence-corrected chi connectivity index (χ3v) is 4.79. The molecule has 0 unspecified atom stereocenters. The molecule has 0 aliphatic carbocycles. The van der Waals surface area contributed by atoms with Crippen LogP contribution in [-0.4, -0.2) is 35.7 Å². The molecule has 2 rings (SSSR count). The summed E-state index contributed by atoms with van der Waals surface area (Å²) >= 11 is 2.15. The molecule has 2 N–H and O–H groups in total. The molecule has 20 heavy (non-hydrogen) atoms. The molecule has 1 fully saturated rings. The Balaban J connectivity index is 2.25. The van der Waals surface area contributed by atoms with Gasteiger partial charge in [0.15, 0.2) is 0 Å². The minimum atomic E-state index is -1.22. The molecule has 108 valence electrons. The molecule has 0 spiro atoms. The summed E-state index contributed by atoms with van der Waals surface area (Å²) in [5, 5.41) is 12.1. The molecule has 0 bridgehead atoms. The Bertz CT molecular complexity index is 538. The van der Waals surface area contributed by atoms with Gasteiger partial charge in [0.2, 0.25) is 0 Å². The third kappa shape index (κ3) is 2.95. The second-order valence-corrected chi connectivity index (χ2v) is 6.03. The topological polar surface area (TPSA) is 75.6 Å². The number of aliphatic carboxylic acids is 1. The zero-order chi connectivity index (χ0) is 14.8. The second-order valence-electron chi connectivity index (χ2n) is 4.87. The van der Waals surface area contributed by atoms with E-state index in [9.17, 15) is 14.7 Å². The van der Waals surface area contributed by atoms with Gasteiger partial charge in [0.1, 0.15) is 5.54 Å². The number of amides is 1. The molecule has 0 atom stereocenters. The molecule has 1 aromatic rings. The van der Waals surface area contributed by atoms with Crippen LogP contribution in [0.15, 0.2) is 18.2 Å². The maximum atomic E-state index is 12.4. The highest BCUT2D eigenvalue weighted by Crippen LogP contribution is 2.23. The predicted octanol–water partition coefficient (Wildman–Crippen LogP) is 1.96. The summed E-state index contributed by atoms with van der Waals surface area (Å²) < 4.78 is 6.17. The van der Waals surface area contributed by atoms with Gasteiger partial charge in [-0.05, 0) is 47.2 Å². The van der Waals surface area contributed by atoms with Crippen molar-refractivity contribution in [1.82, 2.24) is 5.32 Å². The molecule has 1 saturated heterocycles. The predicted molar refractivity (Wildman–Crippen MR) is 81.8 cm³/mol. The highest BCUT2D eigenvalue weighted by Gasteiger charge is 2.41. The van der Waals surface area contributed by atoms with Gasteiger partial charge in [-0.15, -0.1) is 0 Å². The highest BCUT2D eigenvalue weighted by molar-refractivity contribution is 14.1. The average Bonchev–Trinajstić information content (AvgIpc) is 2.42. The lowest BCUT2D eigenvalue weighted by Gasteiger charge is -2.34. The number of hydrogen-bond acceptors (Lipinski definition) is 3. The van der Waals surface area contributed by atoms with E-state index in [1.807, 2.05) is 13.0 Å². The van der Waals surface area contributed by atoms with Crippen LogP contribution in [0.1, 0.15) is 28.8 Å². The highest BCUT2D eigenvalue weighted by atomic mass is 127. The van der Waals surface area contributed by atoms with Gasteiger partial charge in [0, 0.05) is 35.2 Å². The normalized spacial score (nSPS) is 17.5. The molecule has 1 amide bonds. The van der Waals surface area contributed by atoms with Crippen LogP contribution in [0.25, 0.3) is 0 Å². The van der Waals surface area contributed by atoms with E-state index >= 15 is 0 Å². The Morgan fingerprint density at radius 2 is 2.00 bits per heavy atom. The summed E-state index contributed by atoms with van der Waals surface area (Å²) in [6.07, 6.45) is 0.577. The Morgan fingerprint density at radius 1 is 1.35 bits per heavy atom. The van der Waals surface area contributed by atoms with Gasteiger partial charge in [-0.3, -0.25) is 4.79 Å². The number of carbonyl (C=O) groups is 2. The van der Waals surface area contributed by atoms with Crippen molar-refractivity contribution in [1.29, 1.82) is 0 Å². The van der Waals surface area contributed by atoms with Crippen LogP contribution < -0.4 is 5.32 Å². The van der Waals surface area contributed by atoms with Crippen LogP contribution in [0, 0.1) is 10.5 Å². The zero-order valence-corrected chi connectivity index (χ0v) is 13.3. The molecule has 5 nitrogen and oxygen atoms in total. The van der Waals surface area contributed by atoms with Crippen LogP contribution in [0.5, 0.6) is 0 Å². The number of carboxylic acids is 1. The smallest absolute Gasteiger partial charge is 0.329 e. The molecular formula is C14H16INO4. The van der Waals surface area contributed by atoms with Gasteiger partial charge in [-0.1, -0.05) is 6.07 Å². The fourth-order valence-electron chi connectivity index (χ4n) is 2.25. The van der Waals surface area contributed by atoms with E-state index < -0.39 is 11.5 Å². The van der Waals surface area contributed by atoms with Crippen LogP contribution in [0.3, 0.4) is 0 Å². The standard InChI is InChI=1S/C14H16INO4/c1-9-10(3-2-4-11(9)15)12(17)16-14(13(18)19)5-7-20-8-6-14/h2-4H,5-8H2,1H3,(H,16,17)(H,18,19). The Hall–Kier alpha value is -1.15. The molecule has 1 heterocycles. The first-order chi connectivity index (χ1) is 9.46. The summed E-state index contributed by atoms with van der Waals surface area (Å²) in [5.41, 5.74) is 0.158. The number of benzene rings is 1. The summed E-state index contributed by atoms with van der Waals surface area (Å²) in [4.78, 5) is 23.9. The summed E-state index contributed by atoms with van der Waals surface area (Å²) in [6.45, 7) is 2.55. The van der Waals surface area contributed by atoms with Gasteiger partial charge in [-0.25, -0.2) is 4.79 Å². The number of carboxylic acid groups (broad SMARTS) is 1. The van der Waals surface area contributed by atoms with Gasteiger partial charge >= 0.3 is 5.97 Å². The van der Waals surface area contributed by atoms with Crippen molar-refractivity contribution in [2.45, 2.75) is 25.3 Å². The molecule has 0 saturated carbocycles. The van der Waals surface area contributed by atoms with Crippen molar-refractivity contribution >= 4 is 34.5 Å². The quantitative estimate of drug-likeness (QED) is 0.776. The molecule has 0 radical (unpaired) electrons. The number of hydrogen-bond donors (Lipinski definition) is 2. The van der Waals surface area contributed by atoms with Crippen molar-refractivity contribution in [3.8, 4) is 0 Å². The van der Waals surface area contributed by atoms with Crippen molar-refractivity contribution in [2.75, 3.05) is 13.2 Å². The zero-order valence-electron chi connectivity index (χ0n) is 11.1. The lowest BCUT2D eigenvalue weighted by molar-refractivity contribution is -0.148. The van der Waals surface area contributed by atoms with Gasteiger partial charge in [0.05, 0.1) is 0 Å². The number of nitrogens with one attached hydrogen (secondary N) is 1. The van der Waals surface area contributed by atoms with Gasteiger partial charge in [-0.2, -0.15) is 0 Å². The minimum absolute atomic E-state index is 0.289. The Labute approximate surface area is 130 Å². The van der Waals surface area contributed by atoms with Crippen LogP contribution >= 0.6 is 22.6 Å². The summed E-state index contributed by atoms with van der Waals surface area (Å²) in [5.74, 6) is -1.34. The second kappa shape index (κ2) is 6.09. The number of ether oxygens (including phenoxy) is 1. The van der Waals surface area contributed by atoms with Crippen molar-refractivity contribution in [3.63, 3.8) is 0 Å². The molecule has 1 aliphatic heterocycles. The SMILES string of the molecule is Cc1c(I)cccc1C(=O)NC1(C(=O)O)CCOCC1. The first-order valence-electron chi connectivity index (χ1n) is 6.35. The monoisotopic (exact) mass is 389 g/mol. The fraction of sp³-hybridized carbons (Fsp3) is 0.429. The van der Waals surface area contributed by atoms with E-state index in [0.29, 0.717) is 18.8 Å². The van der Waals surface area contributed by atoms with Gasteiger partial charge in [0.25, 0.3) is 5.91 Å². The molecule has 1 aromatic carbocycles. The minimum Gasteiger partial charge on any atom is -0.480 e. The van der Waals surface area contributed by atoms with E-state index in [4.69, 9.17) is 4.74 Å². The summed E-state index contributed by atoms with van der Waals surface area (Å²) in [7, 11) is 0. The first-order valence-corrected chi connectivity index (χ1v) is 7.43. The summed E-state index contributed by atoms with van der Waals surface area (Å²) in [6, 6.07) is 5.41. The van der Waals surface area contributed by atoms with Crippen LogP contribution in [-0.2, 0) is 9.53 Å².